The van der Waals surface area contributed by atoms with E-state index in [4.69, 9.17) is 14.1 Å². The lowest BCUT2D eigenvalue weighted by atomic mass is 9.78. The number of benzene rings is 1. The molecule has 17 heavy (non-hydrogen) atoms. The van der Waals surface area contributed by atoms with Crippen LogP contribution in [0.1, 0.15) is 11.7 Å². The first kappa shape index (κ1) is 12.0. The van der Waals surface area contributed by atoms with Gasteiger partial charge in [-0.05, 0) is 11.6 Å². The summed E-state index contributed by atoms with van der Waals surface area (Å²) >= 11 is 0. The van der Waals surface area contributed by atoms with Gasteiger partial charge in [0.05, 0.1) is 6.10 Å². The topological polar surface area (TPSA) is 77.3 Å². The largest absolute Gasteiger partial charge is 0.495 e. The molecule has 0 spiro atoms. The van der Waals surface area contributed by atoms with Crippen molar-refractivity contribution in [3.8, 4) is 5.75 Å². The van der Waals surface area contributed by atoms with Gasteiger partial charge in [-0.1, -0.05) is 17.3 Å². The van der Waals surface area contributed by atoms with Crippen LogP contribution in [0.25, 0.3) is 0 Å². The second kappa shape index (κ2) is 5.26. The van der Waals surface area contributed by atoms with E-state index in [0.717, 1.165) is 5.56 Å². The summed E-state index contributed by atoms with van der Waals surface area (Å²) in [5.41, 5.74) is 1.27. The highest BCUT2D eigenvalue weighted by Gasteiger charge is 2.37. The predicted molar refractivity (Wildman–Crippen MR) is 61.0 cm³/mol. The predicted octanol–water partition coefficient (Wildman–Crippen LogP) is 0.194. The van der Waals surface area contributed by atoms with Crippen molar-refractivity contribution in [2.45, 2.75) is 6.10 Å². The summed E-state index contributed by atoms with van der Waals surface area (Å²) in [7, 11) is 0.416. The molecule has 1 N–H and O–H groups in total. The molecule has 1 unspecified atom stereocenters. The lowest BCUT2D eigenvalue weighted by molar-refractivity contribution is 0.0517. The normalized spacial score (nSPS) is 18.0. The first-order chi connectivity index (χ1) is 8.27. The van der Waals surface area contributed by atoms with E-state index >= 15 is 0 Å². The summed E-state index contributed by atoms with van der Waals surface area (Å²) in [6.07, 6.45) is -0.511. The molecule has 2 rings (SSSR count). The molecule has 90 valence electrons. The summed E-state index contributed by atoms with van der Waals surface area (Å²) in [5.74, 6) is 0.491. The van der Waals surface area contributed by atoms with Crippen LogP contribution in [-0.4, -0.2) is 32.6 Å². The Balaban J connectivity index is 2.30. The summed E-state index contributed by atoms with van der Waals surface area (Å²) in [6, 6.07) is 5.26. The molecule has 0 amide bonds. The summed E-state index contributed by atoms with van der Waals surface area (Å²) in [6.45, 7) is 0.0531. The minimum atomic E-state index is -1.09. The maximum absolute atomic E-state index is 10.3. The van der Waals surface area contributed by atoms with Crippen LogP contribution in [0.15, 0.2) is 23.4 Å². The van der Waals surface area contributed by atoms with Crippen LogP contribution in [0.3, 0.4) is 0 Å². The minimum absolute atomic E-state index is 0.0300. The van der Waals surface area contributed by atoms with Crippen molar-refractivity contribution in [2.24, 2.45) is 5.18 Å². The molecule has 0 fully saturated rings. The zero-order valence-electron chi connectivity index (χ0n) is 9.33. The molecule has 1 atom stereocenters. The second-order valence-electron chi connectivity index (χ2n) is 3.60. The smallest absolute Gasteiger partial charge is 0.468 e. The van der Waals surface area contributed by atoms with E-state index in [0.29, 0.717) is 11.2 Å². The van der Waals surface area contributed by atoms with Gasteiger partial charge in [0.1, 0.15) is 12.3 Å². The third-order valence-corrected chi connectivity index (χ3v) is 2.56. The number of hydrogen-bond donors (Lipinski definition) is 1. The van der Waals surface area contributed by atoms with E-state index in [-0.39, 0.29) is 13.3 Å². The van der Waals surface area contributed by atoms with Crippen LogP contribution in [-0.2, 0) is 9.39 Å². The standard InChI is InChI=1S/C10H12BNO5/c1-15-6-16-8-4-2-3-7-9(5-12-14)17-11(13)10(7)8/h2-4,9,13H,5-6H2,1H3. The van der Waals surface area contributed by atoms with Crippen LogP contribution in [0, 0.1) is 4.91 Å². The molecule has 1 aliphatic heterocycles. The molecule has 1 aromatic carbocycles. The highest BCUT2D eigenvalue weighted by Crippen LogP contribution is 2.27. The zero-order chi connectivity index (χ0) is 12.3. The molecule has 0 radical (unpaired) electrons. The van der Waals surface area contributed by atoms with Crippen molar-refractivity contribution in [3.63, 3.8) is 0 Å². The Morgan fingerprint density at radius 3 is 3.12 bits per heavy atom. The van der Waals surface area contributed by atoms with E-state index in [1.54, 1.807) is 18.2 Å². The number of fused-ring (bicyclic) bond motifs is 1. The average Bonchev–Trinajstić information content (AvgIpc) is 2.65. The molecular formula is C10H12BNO5. The molecule has 0 bridgehead atoms. The molecule has 1 aliphatic rings. The van der Waals surface area contributed by atoms with E-state index in [2.05, 4.69) is 5.18 Å². The maximum Gasteiger partial charge on any atom is 0.495 e. The van der Waals surface area contributed by atoms with Crippen molar-refractivity contribution in [1.82, 2.24) is 0 Å². The molecule has 7 heteroatoms. The number of nitroso groups, excluding NO2 is 1. The Bertz CT molecular complexity index is 414. The Hall–Kier alpha value is -1.44. The lowest BCUT2D eigenvalue weighted by Crippen LogP contribution is -2.30. The number of nitrogens with zero attached hydrogens (tertiary/aromatic N) is 1. The van der Waals surface area contributed by atoms with Gasteiger partial charge in [-0.15, -0.1) is 0 Å². The maximum atomic E-state index is 10.3. The highest BCUT2D eigenvalue weighted by atomic mass is 16.7. The average molecular weight is 237 g/mol. The van der Waals surface area contributed by atoms with Crippen LogP contribution < -0.4 is 10.2 Å². The van der Waals surface area contributed by atoms with Crippen LogP contribution >= 0.6 is 0 Å². The second-order valence-corrected chi connectivity index (χ2v) is 3.60. The van der Waals surface area contributed by atoms with Gasteiger partial charge in [-0.25, -0.2) is 0 Å². The molecule has 0 aliphatic carbocycles. The summed E-state index contributed by atoms with van der Waals surface area (Å²) in [4.78, 5) is 10.3. The van der Waals surface area contributed by atoms with Gasteiger partial charge in [0.2, 0.25) is 0 Å². The van der Waals surface area contributed by atoms with E-state index in [1.807, 2.05) is 0 Å². The molecule has 0 aromatic heterocycles. The van der Waals surface area contributed by atoms with Crippen molar-refractivity contribution < 1.29 is 19.2 Å². The Morgan fingerprint density at radius 2 is 2.41 bits per heavy atom. The van der Waals surface area contributed by atoms with Crippen molar-refractivity contribution in [2.75, 3.05) is 20.4 Å². The van der Waals surface area contributed by atoms with Gasteiger partial charge in [-0.3, -0.25) is 0 Å². The van der Waals surface area contributed by atoms with Crippen molar-refractivity contribution in [3.05, 3.63) is 28.7 Å². The monoisotopic (exact) mass is 237 g/mol. The van der Waals surface area contributed by atoms with Crippen LogP contribution in [0.2, 0.25) is 0 Å². The number of methoxy groups -OCH3 is 1. The lowest BCUT2D eigenvalue weighted by Gasteiger charge is -2.10. The first-order valence-electron chi connectivity index (χ1n) is 5.15. The Morgan fingerprint density at radius 1 is 1.59 bits per heavy atom. The van der Waals surface area contributed by atoms with Gasteiger partial charge >= 0.3 is 7.12 Å². The van der Waals surface area contributed by atoms with Gasteiger partial charge in [0.15, 0.2) is 6.79 Å². The fourth-order valence-electron chi connectivity index (χ4n) is 1.86. The molecule has 1 aromatic rings. The molecule has 0 saturated carbocycles. The first-order valence-corrected chi connectivity index (χ1v) is 5.15. The van der Waals surface area contributed by atoms with Gasteiger partial charge in [0, 0.05) is 12.6 Å². The van der Waals surface area contributed by atoms with E-state index in [9.17, 15) is 9.93 Å². The van der Waals surface area contributed by atoms with Crippen LogP contribution in [0.5, 0.6) is 5.75 Å². The SMILES string of the molecule is COCOc1cccc2c1B(O)OC2CN=O. The highest BCUT2D eigenvalue weighted by molar-refractivity contribution is 6.62. The molecule has 6 nitrogen and oxygen atoms in total. The van der Waals surface area contributed by atoms with Crippen molar-refractivity contribution >= 4 is 12.6 Å². The summed E-state index contributed by atoms with van der Waals surface area (Å²) < 4.78 is 15.4. The van der Waals surface area contributed by atoms with Gasteiger partial charge in [0.25, 0.3) is 0 Å². The third kappa shape index (κ3) is 2.31. The Labute approximate surface area is 98.6 Å². The van der Waals surface area contributed by atoms with Gasteiger partial charge < -0.3 is 19.2 Å². The van der Waals surface area contributed by atoms with Crippen LogP contribution in [0.4, 0.5) is 0 Å². The quantitative estimate of drug-likeness (QED) is 0.449. The number of ether oxygens (including phenoxy) is 2. The zero-order valence-corrected chi connectivity index (χ0v) is 9.33. The van der Waals surface area contributed by atoms with Crippen molar-refractivity contribution in [1.29, 1.82) is 0 Å². The minimum Gasteiger partial charge on any atom is -0.468 e. The van der Waals surface area contributed by atoms with Gasteiger partial charge in [-0.2, -0.15) is 4.91 Å². The van der Waals surface area contributed by atoms with E-state index in [1.165, 1.54) is 7.11 Å². The molecule has 1 heterocycles. The summed E-state index contributed by atoms with van der Waals surface area (Å²) in [5, 5.41) is 12.6. The molecular weight excluding hydrogens is 225 g/mol. The number of rotatable bonds is 5. The number of hydrogen-bond acceptors (Lipinski definition) is 6. The van der Waals surface area contributed by atoms with E-state index < -0.39 is 13.2 Å². The molecule has 0 saturated heterocycles. The third-order valence-electron chi connectivity index (χ3n) is 2.56. The fraction of sp³-hybridized carbons (Fsp3) is 0.400. The fourth-order valence-corrected chi connectivity index (χ4v) is 1.86. The Kier molecular flexibility index (Phi) is 3.73.